The summed E-state index contributed by atoms with van der Waals surface area (Å²) in [5.41, 5.74) is 9.29. The van der Waals surface area contributed by atoms with Gasteiger partial charge in [0.2, 0.25) is 0 Å². The third kappa shape index (κ3) is 4.85. The number of hydrogen-bond acceptors (Lipinski definition) is 5. The van der Waals surface area contributed by atoms with E-state index in [0.717, 1.165) is 60.5 Å². The molecule has 0 radical (unpaired) electrons. The molecule has 3 heterocycles. The quantitative estimate of drug-likeness (QED) is 0.179. The maximum Gasteiger partial charge on any atom is 0.164 e. The van der Waals surface area contributed by atoms with Crippen molar-refractivity contribution < 1.29 is 0 Å². The SMILES string of the molecule is N#Cc1cccc(-c2nc(-c3ccccc3)nc(-c3ccc(-n4c5ccccc5c5ccc6c(c7ccccc7n6-c6ccccc6)c54)c(C#N)c3)n2)c1. The van der Waals surface area contributed by atoms with Crippen molar-refractivity contribution >= 4 is 43.6 Å². The zero-order chi connectivity index (χ0) is 36.2. The van der Waals surface area contributed by atoms with E-state index in [0.29, 0.717) is 39.7 Å². The Morgan fingerprint density at radius 1 is 0.426 bits per heavy atom. The van der Waals surface area contributed by atoms with Gasteiger partial charge in [0.05, 0.1) is 45.0 Å². The standard InChI is InChI=1S/C47H27N7/c48-28-30-12-11-15-32(26-30)46-50-45(31-13-3-1-4-14-31)51-47(52-46)33-22-24-39(34(27-33)29-49)54-40-20-9-7-18-36(40)37-23-25-42-43(44(37)54)38-19-8-10-21-41(38)53(42)35-16-5-2-6-17-35/h1-27H. The van der Waals surface area contributed by atoms with Crippen LogP contribution in [0.5, 0.6) is 0 Å². The van der Waals surface area contributed by atoms with E-state index in [1.54, 1.807) is 12.1 Å². The molecule has 10 aromatic rings. The third-order valence-corrected chi connectivity index (χ3v) is 10.0. The van der Waals surface area contributed by atoms with Crippen LogP contribution in [0.3, 0.4) is 0 Å². The summed E-state index contributed by atoms with van der Waals surface area (Å²) >= 11 is 0. The van der Waals surface area contributed by atoms with Crippen molar-refractivity contribution in [2.24, 2.45) is 0 Å². The number of benzene rings is 7. The molecule has 54 heavy (non-hydrogen) atoms. The number of nitriles is 2. The van der Waals surface area contributed by atoms with Crippen LogP contribution < -0.4 is 0 Å². The van der Waals surface area contributed by atoms with Gasteiger partial charge in [0, 0.05) is 43.9 Å². The molecule has 0 aliphatic heterocycles. The molecule has 0 atom stereocenters. The maximum absolute atomic E-state index is 10.8. The van der Waals surface area contributed by atoms with Crippen molar-refractivity contribution in [2.75, 3.05) is 0 Å². The second kappa shape index (κ2) is 12.4. The summed E-state index contributed by atoms with van der Waals surface area (Å²) in [4.78, 5) is 14.6. The maximum atomic E-state index is 10.8. The molecule has 0 bridgehead atoms. The van der Waals surface area contributed by atoms with Crippen molar-refractivity contribution in [1.29, 1.82) is 10.5 Å². The number of nitrogens with zero attached hydrogens (tertiary/aromatic N) is 7. The lowest BCUT2D eigenvalue weighted by Gasteiger charge is -2.13. The van der Waals surface area contributed by atoms with Gasteiger partial charge in [0.1, 0.15) is 6.07 Å². The zero-order valence-electron chi connectivity index (χ0n) is 28.7. The molecule has 0 saturated heterocycles. The summed E-state index contributed by atoms with van der Waals surface area (Å²) in [6.45, 7) is 0. The van der Waals surface area contributed by atoms with E-state index in [1.807, 2.05) is 72.8 Å². The van der Waals surface area contributed by atoms with Gasteiger partial charge in [-0.1, -0.05) is 103 Å². The van der Waals surface area contributed by atoms with E-state index in [1.165, 1.54) is 0 Å². The molecule has 0 aliphatic carbocycles. The monoisotopic (exact) mass is 689 g/mol. The molecule has 3 aromatic heterocycles. The highest BCUT2D eigenvalue weighted by atomic mass is 15.0. The Morgan fingerprint density at radius 3 is 1.76 bits per heavy atom. The molecular weight excluding hydrogens is 663 g/mol. The molecule has 7 heteroatoms. The van der Waals surface area contributed by atoms with Gasteiger partial charge in [-0.3, -0.25) is 0 Å². The lowest BCUT2D eigenvalue weighted by molar-refractivity contribution is 1.07. The van der Waals surface area contributed by atoms with Crippen LogP contribution in [0.25, 0.3) is 89.2 Å². The first kappa shape index (κ1) is 30.9. The Kier molecular flexibility index (Phi) is 7.11. The van der Waals surface area contributed by atoms with Crippen LogP contribution in [0.2, 0.25) is 0 Å². The van der Waals surface area contributed by atoms with Crippen LogP contribution in [0.1, 0.15) is 11.1 Å². The fraction of sp³-hybridized carbons (Fsp3) is 0. The lowest BCUT2D eigenvalue weighted by Crippen LogP contribution is -2.02. The van der Waals surface area contributed by atoms with Gasteiger partial charge >= 0.3 is 0 Å². The number of aromatic nitrogens is 5. The average Bonchev–Trinajstić information content (AvgIpc) is 3.77. The number of rotatable bonds is 5. The first-order valence-corrected chi connectivity index (χ1v) is 17.6. The van der Waals surface area contributed by atoms with Gasteiger partial charge in [-0.05, 0) is 60.7 Å². The number of para-hydroxylation sites is 3. The van der Waals surface area contributed by atoms with Crippen molar-refractivity contribution in [3.63, 3.8) is 0 Å². The van der Waals surface area contributed by atoms with Crippen molar-refractivity contribution in [3.8, 4) is 57.7 Å². The highest BCUT2D eigenvalue weighted by Crippen LogP contribution is 2.42. The summed E-state index contributed by atoms with van der Waals surface area (Å²) < 4.78 is 4.55. The molecule has 0 N–H and O–H groups in total. The lowest BCUT2D eigenvalue weighted by atomic mass is 10.1. The predicted molar refractivity (Wildman–Crippen MR) is 214 cm³/mol. The minimum atomic E-state index is 0.430. The van der Waals surface area contributed by atoms with E-state index in [4.69, 9.17) is 15.0 Å². The summed E-state index contributed by atoms with van der Waals surface area (Å²) in [7, 11) is 0. The topological polar surface area (TPSA) is 96.1 Å². The van der Waals surface area contributed by atoms with Gasteiger partial charge in [-0.25, -0.2) is 15.0 Å². The molecular formula is C47H27N7. The zero-order valence-corrected chi connectivity index (χ0v) is 28.7. The van der Waals surface area contributed by atoms with Crippen molar-refractivity contribution in [3.05, 3.63) is 175 Å². The van der Waals surface area contributed by atoms with E-state index in [9.17, 15) is 10.5 Å². The molecule has 0 aliphatic rings. The van der Waals surface area contributed by atoms with Crippen molar-refractivity contribution in [1.82, 2.24) is 24.1 Å². The second-order valence-corrected chi connectivity index (χ2v) is 13.1. The Hall–Kier alpha value is -7.87. The van der Waals surface area contributed by atoms with Crippen LogP contribution in [0, 0.1) is 22.7 Å². The van der Waals surface area contributed by atoms with E-state index in [-0.39, 0.29) is 0 Å². The molecule has 0 saturated carbocycles. The smallest absolute Gasteiger partial charge is 0.164 e. The fourth-order valence-corrected chi connectivity index (χ4v) is 7.65. The van der Waals surface area contributed by atoms with Crippen LogP contribution in [0.15, 0.2) is 164 Å². The summed E-state index contributed by atoms with van der Waals surface area (Å²) in [5.74, 6) is 1.37. The molecule has 0 fully saturated rings. The van der Waals surface area contributed by atoms with Gasteiger partial charge < -0.3 is 9.13 Å². The highest BCUT2D eigenvalue weighted by Gasteiger charge is 2.22. The first-order chi connectivity index (χ1) is 26.7. The molecule has 7 nitrogen and oxygen atoms in total. The summed E-state index contributed by atoms with van der Waals surface area (Å²) in [5, 5.41) is 24.9. The Bertz CT molecular complexity index is 3180. The van der Waals surface area contributed by atoms with Gasteiger partial charge in [-0.15, -0.1) is 0 Å². The normalized spacial score (nSPS) is 11.3. The van der Waals surface area contributed by atoms with Crippen LogP contribution in [-0.2, 0) is 0 Å². The van der Waals surface area contributed by atoms with Crippen molar-refractivity contribution in [2.45, 2.75) is 0 Å². The summed E-state index contributed by atoms with van der Waals surface area (Å²) in [6, 6.07) is 59.3. The van der Waals surface area contributed by atoms with Crippen LogP contribution in [0.4, 0.5) is 0 Å². The average molecular weight is 690 g/mol. The largest absolute Gasteiger partial charge is 0.309 e. The Balaban J connectivity index is 1.23. The van der Waals surface area contributed by atoms with Crippen LogP contribution >= 0.6 is 0 Å². The number of fused-ring (bicyclic) bond motifs is 7. The molecule has 0 amide bonds. The molecule has 7 aromatic carbocycles. The minimum Gasteiger partial charge on any atom is -0.309 e. The number of hydrogen-bond donors (Lipinski definition) is 0. The Labute approximate surface area is 309 Å². The molecule has 0 spiro atoms. The minimum absolute atomic E-state index is 0.430. The van der Waals surface area contributed by atoms with E-state index < -0.39 is 0 Å². The first-order valence-electron chi connectivity index (χ1n) is 17.6. The van der Waals surface area contributed by atoms with Crippen LogP contribution in [-0.4, -0.2) is 24.1 Å². The molecule has 10 rings (SSSR count). The Morgan fingerprint density at radius 2 is 1.04 bits per heavy atom. The van der Waals surface area contributed by atoms with Gasteiger partial charge in [0.15, 0.2) is 17.5 Å². The predicted octanol–water partition coefficient (Wildman–Crippen LogP) is 10.8. The summed E-state index contributed by atoms with van der Waals surface area (Å²) in [6.07, 6.45) is 0. The van der Waals surface area contributed by atoms with Gasteiger partial charge in [-0.2, -0.15) is 10.5 Å². The third-order valence-electron chi connectivity index (χ3n) is 10.0. The molecule has 0 unspecified atom stereocenters. The van der Waals surface area contributed by atoms with E-state index >= 15 is 0 Å². The highest BCUT2D eigenvalue weighted by molar-refractivity contribution is 6.26. The van der Waals surface area contributed by atoms with E-state index in [2.05, 4.69) is 100 Å². The fourth-order valence-electron chi connectivity index (χ4n) is 7.65. The van der Waals surface area contributed by atoms with Gasteiger partial charge in [0.25, 0.3) is 0 Å². The molecule has 250 valence electrons. The second-order valence-electron chi connectivity index (χ2n) is 13.1.